The molecular formula is C9H15NO. The topological polar surface area (TPSA) is 25.2 Å². The quantitative estimate of drug-likeness (QED) is 0.720. The van der Waals surface area contributed by atoms with Crippen molar-refractivity contribution >= 4 is 0 Å². The Morgan fingerprint density at radius 3 is 2.55 bits per heavy atom. The number of hydrogen-bond donors (Lipinski definition) is 1. The molecule has 0 amide bonds. The van der Waals surface area contributed by atoms with E-state index in [2.05, 4.69) is 19.2 Å². The second-order valence-electron chi connectivity index (χ2n) is 3.03. The predicted molar refractivity (Wildman–Crippen MR) is 45.3 cm³/mol. The van der Waals surface area contributed by atoms with Gasteiger partial charge in [-0.05, 0) is 25.1 Å². The molecule has 0 fully saturated rings. The SMILES string of the molecule is CNC(c1ccco1)C(C)C. The molecule has 0 aliphatic carbocycles. The van der Waals surface area contributed by atoms with Gasteiger partial charge >= 0.3 is 0 Å². The summed E-state index contributed by atoms with van der Waals surface area (Å²) in [6.07, 6.45) is 1.71. The third kappa shape index (κ3) is 1.84. The van der Waals surface area contributed by atoms with Crippen LogP contribution >= 0.6 is 0 Å². The fraction of sp³-hybridized carbons (Fsp3) is 0.556. The summed E-state index contributed by atoms with van der Waals surface area (Å²) >= 11 is 0. The van der Waals surface area contributed by atoms with E-state index in [1.54, 1.807) is 6.26 Å². The van der Waals surface area contributed by atoms with Crippen LogP contribution in [0.25, 0.3) is 0 Å². The first-order valence-corrected chi connectivity index (χ1v) is 3.96. The van der Waals surface area contributed by atoms with Crippen LogP contribution in [0.3, 0.4) is 0 Å². The second-order valence-corrected chi connectivity index (χ2v) is 3.03. The van der Waals surface area contributed by atoms with Gasteiger partial charge < -0.3 is 9.73 Å². The lowest BCUT2D eigenvalue weighted by Gasteiger charge is -2.16. The van der Waals surface area contributed by atoms with Gasteiger partial charge in [-0.2, -0.15) is 0 Å². The zero-order valence-corrected chi connectivity index (χ0v) is 7.29. The molecule has 0 spiro atoms. The highest BCUT2D eigenvalue weighted by Gasteiger charge is 2.14. The van der Waals surface area contributed by atoms with Crippen molar-refractivity contribution in [1.29, 1.82) is 0 Å². The van der Waals surface area contributed by atoms with E-state index in [4.69, 9.17) is 4.42 Å². The number of furan rings is 1. The third-order valence-corrected chi connectivity index (χ3v) is 1.83. The molecule has 0 bridgehead atoms. The molecule has 2 nitrogen and oxygen atoms in total. The van der Waals surface area contributed by atoms with Gasteiger partial charge in [0.2, 0.25) is 0 Å². The summed E-state index contributed by atoms with van der Waals surface area (Å²) in [4.78, 5) is 0. The molecule has 0 aromatic carbocycles. The first-order chi connectivity index (χ1) is 5.25. The van der Waals surface area contributed by atoms with Crippen molar-refractivity contribution in [3.8, 4) is 0 Å². The van der Waals surface area contributed by atoms with E-state index in [1.165, 1.54) is 0 Å². The minimum absolute atomic E-state index is 0.338. The molecule has 0 radical (unpaired) electrons. The zero-order chi connectivity index (χ0) is 8.27. The van der Waals surface area contributed by atoms with Crippen molar-refractivity contribution in [1.82, 2.24) is 5.32 Å². The lowest BCUT2D eigenvalue weighted by molar-refractivity contribution is 0.360. The minimum Gasteiger partial charge on any atom is -0.468 e. The normalized spacial score (nSPS) is 13.8. The molecule has 1 aromatic heterocycles. The van der Waals surface area contributed by atoms with E-state index in [1.807, 2.05) is 19.2 Å². The molecule has 0 saturated carbocycles. The van der Waals surface area contributed by atoms with Gasteiger partial charge in [0.05, 0.1) is 12.3 Å². The van der Waals surface area contributed by atoms with Crippen LogP contribution < -0.4 is 5.32 Å². The zero-order valence-electron chi connectivity index (χ0n) is 7.29. The van der Waals surface area contributed by atoms with Crippen LogP contribution in [0.4, 0.5) is 0 Å². The van der Waals surface area contributed by atoms with Crippen molar-refractivity contribution in [2.24, 2.45) is 5.92 Å². The number of rotatable bonds is 3. The van der Waals surface area contributed by atoms with E-state index >= 15 is 0 Å². The van der Waals surface area contributed by atoms with Crippen molar-refractivity contribution in [3.05, 3.63) is 24.2 Å². The van der Waals surface area contributed by atoms with Crippen molar-refractivity contribution < 1.29 is 4.42 Å². The fourth-order valence-corrected chi connectivity index (χ4v) is 1.27. The van der Waals surface area contributed by atoms with Crippen LogP contribution in [0.5, 0.6) is 0 Å². The largest absolute Gasteiger partial charge is 0.468 e. The Morgan fingerprint density at radius 2 is 2.18 bits per heavy atom. The third-order valence-electron chi connectivity index (χ3n) is 1.83. The summed E-state index contributed by atoms with van der Waals surface area (Å²) in [6, 6.07) is 4.26. The van der Waals surface area contributed by atoms with E-state index in [9.17, 15) is 0 Å². The van der Waals surface area contributed by atoms with Gasteiger partial charge in [0.25, 0.3) is 0 Å². The van der Waals surface area contributed by atoms with Crippen LogP contribution in [-0.2, 0) is 0 Å². The first kappa shape index (κ1) is 8.34. The Kier molecular flexibility index (Phi) is 2.71. The van der Waals surface area contributed by atoms with Crippen LogP contribution in [0.2, 0.25) is 0 Å². The van der Waals surface area contributed by atoms with Crippen molar-refractivity contribution in [2.45, 2.75) is 19.9 Å². The Hall–Kier alpha value is -0.760. The van der Waals surface area contributed by atoms with E-state index in [-0.39, 0.29) is 0 Å². The molecule has 0 aliphatic rings. The van der Waals surface area contributed by atoms with Gasteiger partial charge in [-0.25, -0.2) is 0 Å². The van der Waals surface area contributed by atoms with Crippen LogP contribution in [0.15, 0.2) is 22.8 Å². The lowest BCUT2D eigenvalue weighted by atomic mass is 10.0. The summed E-state index contributed by atoms with van der Waals surface area (Å²) in [6.45, 7) is 4.34. The molecule has 1 unspecified atom stereocenters. The van der Waals surface area contributed by atoms with Crippen molar-refractivity contribution in [2.75, 3.05) is 7.05 Å². The first-order valence-electron chi connectivity index (χ1n) is 3.96. The Balaban J connectivity index is 2.71. The Morgan fingerprint density at radius 1 is 1.45 bits per heavy atom. The van der Waals surface area contributed by atoms with Gasteiger partial charge in [-0.15, -0.1) is 0 Å². The molecule has 11 heavy (non-hydrogen) atoms. The molecule has 0 saturated heterocycles. The molecule has 2 heteroatoms. The fourth-order valence-electron chi connectivity index (χ4n) is 1.27. The van der Waals surface area contributed by atoms with Gasteiger partial charge in [0.15, 0.2) is 0 Å². The maximum absolute atomic E-state index is 5.29. The van der Waals surface area contributed by atoms with E-state index in [0.717, 1.165) is 5.76 Å². The maximum Gasteiger partial charge on any atom is 0.120 e. The van der Waals surface area contributed by atoms with Gasteiger partial charge in [-0.3, -0.25) is 0 Å². The van der Waals surface area contributed by atoms with Gasteiger partial charge in [0, 0.05) is 0 Å². The minimum atomic E-state index is 0.338. The molecule has 1 rings (SSSR count). The second kappa shape index (κ2) is 3.58. The summed E-state index contributed by atoms with van der Waals surface area (Å²) < 4.78 is 5.29. The Bertz CT molecular complexity index is 191. The highest BCUT2D eigenvalue weighted by atomic mass is 16.3. The maximum atomic E-state index is 5.29. The summed E-state index contributed by atoms with van der Waals surface area (Å²) in [5.74, 6) is 1.58. The molecule has 1 aromatic rings. The van der Waals surface area contributed by atoms with Crippen LogP contribution in [-0.4, -0.2) is 7.05 Å². The monoisotopic (exact) mass is 153 g/mol. The summed E-state index contributed by atoms with van der Waals surface area (Å²) in [7, 11) is 1.95. The molecular weight excluding hydrogens is 138 g/mol. The van der Waals surface area contributed by atoms with E-state index < -0.39 is 0 Å². The van der Waals surface area contributed by atoms with Gasteiger partial charge in [0.1, 0.15) is 5.76 Å². The molecule has 1 N–H and O–H groups in total. The molecule has 1 heterocycles. The average Bonchev–Trinajstić information content (AvgIpc) is 2.40. The van der Waals surface area contributed by atoms with Crippen molar-refractivity contribution in [3.63, 3.8) is 0 Å². The predicted octanol–water partition coefficient (Wildman–Crippen LogP) is 2.20. The molecule has 62 valence electrons. The van der Waals surface area contributed by atoms with E-state index in [0.29, 0.717) is 12.0 Å². The number of hydrogen-bond acceptors (Lipinski definition) is 2. The Labute approximate surface area is 67.6 Å². The number of nitrogens with one attached hydrogen (secondary N) is 1. The summed E-state index contributed by atoms with van der Waals surface area (Å²) in [5.41, 5.74) is 0. The molecule has 1 atom stereocenters. The highest BCUT2D eigenvalue weighted by molar-refractivity contribution is 5.04. The standard InChI is InChI=1S/C9H15NO/c1-7(2)9(10-3)8-5-4-6-11-8/h4-7,9-10H,1-3H3. The summed E-state index contributed by atoms with van der Waals surface area (Å²) in [5, 5.41) is 3.21. The lowest BCUT2D eigenvalue weighted by Crippen LogP contribution is -2.20. The molecule has 0 aliphatic heterocycles. The average molecular weight is 153 g/mol. The smallest absolute Gasteiger partial charge is 0.120 e. The van der Waals surface area contributed by atoms with Crippen LogP contribution in [0.1, 0.15) is 25.6 Å². The highest BCUT2D eigenvalue weighted by Crippen LogP contribution is 2.20. The van der Waals surface area contributed by atoms with Crippen LogP contribution in [0, 0.1) is 5.92 Å². The van der Waals surface area contributed by atoms with Gasteiger partial charge in [-0.1, -0.05) is 13.8 Å².